The van der Waals surface area contributed by atoms with E-state index in [1.807, 2.05) is 11.4 Å². The number of rotatable bonds is 0. The fourth-order valence-corrected chi connectivity index (χ4v) is 7.63. The van der Waals surface area contributed by atoms with Gasteiger partial charge in [-0.2, -0.15) is 0 Å². The standard InChI is InChI=1S/C7H6ClPS2.5ClH.Mo/c1-5-2-3-6-7(4-5)11(8)9-10-6;;;;;;/h2-4H,1H3;5*1H;/q;;;;;;+5/p-5. The van der Waals surface area contributed by atoms with Crippen molar-refractivity contribution in [2.75, 3.05) is 0 Å². The van der Waals surface area contributed by atoms with Gasteiger partial charge >= 0.3 is 56.7 Å². The Hall–Kier alpha value is 2.65. The van der Waals surface area contributed by atoms with Crippen LogP contribution in [0.15, 0.2) is 28.0 Å². The molecule has 1 aromatic carbocycles. The minimum absolute atomic E-state index is 0.0506. The molecular weight excluding hydrogens is 488 g/mol. The molecule has 17 heavy (non-hydrogen) atoms. The molecule has 1 aliphatic heterocycles. The van der Waals surface area contributed by atoms with Gasteiger partial charge in [0.1, 0.15) is 0 Å². The van der Waals surface area contributed by atoms with Crippen molar-refractivity contribution in [3.63, 3.8) is 0 Å². The van der Waals surface area contributed by atoms with Gasteiger partial charge in [0.15, 0.2) is 0 Å². The van der Waals surface area contributed by atoms with E-state index in [0.717, 1.165) is 0 Å². The number of benzene rings is 1. The number of fused-ring (bicyclic) bond motifs is 1. The van der Waals surface area contributed by atoms with Gasteiger partial charge in [-0.3, -0.25) is 0 Å². The molecule has 0 saturated carbocycles. The van der Waals surface area contributed by atoms with Crippen LogP contribution in [0.25, 0.3) is 0 Å². The first-order valence-electron chi connectivity index (χ1n) is 3.94. The van der Waals surface area contributed by atoms with Gasteiger partial charge in [-0.1, -0.05) is 17.4 Å². The summed E-state index contributed by atoms with van der Waals surface area (Å²) in [7, 11) is 27.0. The van der Waals surface area contributed by atoms with Crippen molar-refractivity contribution < 1.29 is 9.60 Å². The summed E-state index contributed by atoms with van der Waals surface area (Å²) in [6.07, 6.45) is 0. The van der Waals surface area contributed by atoms with Crippen molar-refractivity contribution in [1.29, 1.82) is 0 Å². The summed E-state index contributed by atoms with van der Waals surface area (Å²) in [6.45, 7) is 3.39. The van der Waals surface area contributed by atoms with Gasteiger partial charge in [-0.15, -0.1) is 0 Å². The third-order valence-electron chi connectivity index (χ3n) is 1.48. The third kappa shape index (κ3) is 8.51. The second-order valence-electron chi connectivity index (χ2n) is 2.94. The minimum atomic E-state index is -4.26. The van der Waals surface area contributed by atoms with E-state index in [0.29, 0.717) is 0 Å². The van der Waals surface area contributed by atoms with Crippen LogP contribution in [0, 0.1) is 6.92 Å². The van der Waals surface area contributed by atoms with Gasteiger partial charge in [0.25, 0.3) is 0 Å². The van der Waals surface area contributed by atoms with Gasteiger partial charge in [0.2, 0.25) is 0 Å². The van der Waals surface area contributed by atoms with Gasteiger partial charge in [0, 0.05) is 16.3 Å². The zero-order chi connectivity index (χ0) is 13.3. The van der Waals surface area contributed by atoms with Crippen molar-refractivity contribution in [2.24, 2.45) is 0 Å². The average Bonchev–Trinajstić information content (AvgIpc) is 2.44. The van der Waals surface area contributed by atoms with Crippen LogP contribution in [0.1, 0.15) is 5.56 Å². The van der Waals surface area contributed by atoms with Crippen LogP contribution in [-0.4, -0.2) is 0 Å². The molecule has 0 amide bonds. The average molecular weight is 494 g/mol. The molecule has 2 rings (SSSR count). The normalized spacial score (nSPS) is 21.4. The first kappa shape index (κ1) is 17.7. The first-order chi connectivity index (χ1) is 7.51. The van der Waals surface area contributed by atoms with Gasteiger partial charge in [0.05, 0.1) is 0 Å². The molecule has 0 saturated heterocycles. The van der Waals surface area contributed by atoms with Gasteiger partial charge < -0.3 is 0 Å². The maximum absolute atomic E-state index is 6.11. The molecule has 1 heterocycles. The van der Waals surface area contributed by atoms with E-state index < -0.39 is 9.60 Å². The molecule has 0 aliphatic carbocycles. The van der Waals surface area contributed by atoms with Crippen molar-refractivity contribution in [3.05, 3.63) is 23.8 Å². The Bertz CT molecular complexity index is 452. The van der Waals surface area contributed by atoms with Crippen LogP contribution in [0.2, 0.25) is 0 Å². The van der Waals surface area contributed by atoms with Crippen molar-refractivity contribution in [1.82, 2.24) is 0 Å². The fourth-order valence-electron chi connectivity index (χ4n) is 0.935. The summed E-state index contributed by atoms with van der Waals surface area (Å²) in [5.41, 5.74) is 1.31. The van der Waals surface area contributed by atoms with E-state index >= 15 is 0 Å². The quantitative estimate of drug-likeness (QED) is 0.267. The third-order valence-corrected chi connectivity index (χ3v) is 8.73. The molecule has 1 atom stereocenters. The van der Waals surface area contributed by atoms with Crippen LogP contribution in [0.4, 0.5) is 0 Å². The monoisotopic (exact) mass is 493 g/mol. The van der Waals surface area contributed by atoms with Gasteiger partial charge in [-0.25, -0.2) is 0 Å². The van der Waals surface area contributed by atoms with Gasteiger partial charge in [-0.05, 0) is 44.6 Å². The zero-order valence-corrected chi connectivity index (χ0v) is 17.2. The summed E-state index contributed by atoms with van der Waals surface area (Å²) in [5, 5.41) is 0. The second kappa shape index (κ2) is 6.61. The summed E-state index contributed by atoms with van der Waals surface area (Å²) < 4.78 is 0. The Morgan fingerprint density at radius 1 is 1.18 bits per heavy atom. The molecule has 0 bridgehead atoms. The van der Waals surface area contributed by atoms with E-state index in [9.17, 15) is 0 Å². The summed E-state index contributed by atoms with van der Waals surface area (Å²) in [5.74, 6) is 0. The molecular formula is C7H6Cl6MoPS2. The van der Waals surface area contributed by atoms with E-state index in [1.165, 1.54) is 21.9 Å². The van der Waals surface area contributed by atoms with Crippen molar-refractivity contribution in [3.8, 4) is 0 Å². The molecule has 0 fully saturated rings. The second-order valence-corrected chi connectivity index (χ2v) is 40.1. The topological polar surface area (TPSA) is 0 Å². The van der Waals surface area contributed by atoms with Crippen molar-refractivity contribution in [2.45, 2.75) is 16.7 Å². The van der Waals surface area contributed by atoms with Crippen LogP contribution in [0.3, 0.4) is 0 Å². The molecule has 10 heteroatoms. The summed E-state index contributed by atoms with van der Waals surface area (Å²) in [6, 6.07) is 6.50. The molecule has 0 N–H and O–H groups in total. The van der Waals surface area contributed by atoms with Crippen LogP contribution in [-0.2, 0) is 18.9 Å². The van der Waals surface area contributed by atoms with E-state index in [1.54, 1.807) is 0 Å². The Kier molecular flexibility index (Phi) is 6.88. The Morgan fingerprint density at radius 2 is 1.71 bits per heavy atom. The molecule has 99 valence electrons. The number of aryl methyl sites for hydroxylation is 1. The maximum atomic E-state index is 6.11. The molecule has 1 unspecified atom stereocenters. The predicted octanol–water partition coefficient (Wildman–Crippen LogP) is 7.45. The molecule has 0 radical (unpaired) electrons. The molecule has 0 aromatic heterocycles. The Balaban J connectivity index is 0.000000209. The zero-order valence-electron chi connectivity index (χ0n) is 8.17. The van der Waals surface area contributed by atoms with Crippen molar-refractivity contribution >= 4 is 85.0 Å². The number of hydrogen-bond acceptors (Lipinski definition) is 1. The summed E-state index contributed by atoms with van der Waals surface area (Å²) in [4.78, 5) is 2.69. The van der Waals surface area contributed by atoms with E-state index in [2.05, 4.69) is 25.1 Å². The fraction of sp³-hybridized carbons (Fsp3) is 0.143. The van der Waals surface area contributed by atoms with E-state index in [-0.39, 0.29) is 9.29 Å². The van der Waals surface area contributed by atoms with E-state index in [4.69, 9.17) is 57.8 Å². The molecule has 1 aliphatic rings. The SMILES string of the molecule is Cc1ccc2c(c1)S(Cl)=PS2.[Cl][Mo]([Cl])([Cl])([Cl])[Cl]. The number of halogens is 6. The first-order valence-corrected chi connectivity index (χ1v) is 21.8. The predicted molar refractivity (Wildman–Crippen MR) is 84.7 cm³/mol. The Labute approximate surface area is 133 Å². The van der Waals surface area contributed by atoms with Crippen LogP contribution in [0.5, 0.6) is 0 Å². The molecule has 0 spiro atoms. The summed E-state index contributed by atoms with van der Waals surface area (Å²) >= 11 is 1.84. The Morgan fingerprint density at radius 3 is 2.24 bits per heavy atom. The number of hydrogen-bond donors (Lipinski definition) is 0. The molecule has 0 nitrogen and oxygen atoms in total. The molecule has 1 aromatic rings. The van der Waals surface area contributed by atoms with Crippen LogP contribution >= 0.6 is 75.7 Å². The van der Waals surface area contributed by atoms with Crippen LogP contribution < -0.4 is 0 Å².